The molecule has 14 heteroatoms. The Morgan fingerprint density at radius 3 is 2.26 bits per heavy atom. The van der Waals surface area contributed by atoms with E-state index in [2.05, 4.69) is 10.6 Å². The van der Waals surface area contributed by atoms with E-state index in [1.807, 2.05) is 0 Å². The Morgan fingerprint density at radius 2 is 1.68 bits per heavy atom. The third-order valence-corrected chi connectivity index (χ3v) is 4.41. The SMILES string of the molecule is Cc1ccc(C(=O)NCC(F)(F)F)cc1NC(=O)CCNc1ccc(C(F)(F)F)cc1[N+](=O)[O-]. The summed E-state index contributed by atoms with van der Waals surface area (Å²) in [5.74, 6) is -1.61. The maximum absolute atomic E-state index is 12.8. The summed E-state index contributed by atoms with van der Waals surface area (Å²) in [4.78, 5) is 34.2. The number of anilines is 2. The topological polar surface area (TPSA) is 113 Å². The lowest BCUT2D eigenvalue weighted by Crippen LogP contribution is -2.33. The van der Waals surface area contributed by atoms with Gasteiger partial charge in [0.15, 0.2) is 0 Å². The number of nitrogens with one attached hydrogen (secondary N) is 3. The summed E-state index contributed by atoms with van der Waals surface area (Å²) >= 11 is 0. The van der Waals surface area contributed by atoms with E-state index in [4.69, 9.17) is 0 Å². The average Bonchev–Trinajstić information content (AvgIpc) is 2.72. The van der Waals surface area contributed by atoms with Gasteiger partial charge in [0.2, 0.25) is 5.91 Å². The number of rotatable bonds is 8. The zero-order valence-electron chi connectivity index (χ0n) is 17.4. The number of nitro groups is 1. The van der Waals surface area contributed by atoms with E-state index < -0.39 is 46.9 Å². The van der Waals surface area contributed by atoms with Crippen LogP contribution in [0, 0.1) is 17.0 Å². The first-order valence-corrected chi connectivity index (χ1v) is 9.52. The van der Waals surface area contributed by atoms with E-state index in [9.17, 15) is 46.0 Å². The molecule has 34 heavy (non-hydrogen) atoms. The highest BCUT2D eigenvalue weighted by Gasteiger charge is 2.33. The van der Waals surface area contributed by atoms with Crippen LogP contribution in [0.4, 0.5) is 43.4 Å². The lowest BCUT2D eigenvalue weighted by Gasteiger charge is -2.13. The maximum Gasteiger partial charge on any atom is 0.416 e. The number of hydrogen-bond donors (Lipinski definition) is 3. The molecule has 0 aliphatic carbocycles. The van der Waals surface area contributed by atoms with Crippen molar-refractivity contribution >= 4 is 28.9 Å². The molecule has 0 aliphatic rings. The summed E-state index contributed by atoms with van der Waals surface area (Å²) in [6.45, 7) is -0.122. The summed E-state index contributed by atoms with van der Waals surface area (Å²) in [6, 6.07) is 5.80. The highest BCUT2D eigenvalue weighted by Crippen LogP contribution is 2.35. The van der Waals surface area contributed by atoms with Crippen molar-refractivity contribution in [3.05, 3.63) is 63.2 Å². The van der Waals surface area contributed by atoms with Gasteiger partial charge < -0.3 is 16.0 Å². The second kappa shape index (κ2) is 10.4. The van der Waals surface area contributed by atoms with Crippen molar-refractivity contribution in [2.75, 3.05) is 23.7 Å². The second-order valence-electron chi connectivity index (χ2n) is 7.04. The van der Waals surface area contributed by atoms with E-state index in [1.54, 1.807) is 12.2 Å². The van der Waals surface area contributed by atoms with Crippen LogP contribution in [-0.2, 0) is 11.0 Å². The predicted octanol–water partition coefficient (Wildman–Crippen LogP) is 4.65. The molecule has 184 valence electrons. The third-order valence-electron chi connectivity index (χ3n) is 4.41. The lowest BCUT2D eigenvalue weighted by atomic mass is 10.1. The smallest absolute Gasteiger partial charge is 0.379 e. The largest absolute Gasteiger partial charge is 0.416 e. The molecule has 0 saturated heterocycles. The summed E-state index contributed by atoms with van der Waals surface area (Å²) in [5, 5.41) is 17.8. The number of hydrogen-bond acceptors (Lipinski definition) is 5. The molecule has 0 bridgehead atoms. The van der Waals surface area contributed by atoms with Crippen LogP contribution in [0.25, 0.3) is 0 Å². The second-order valence-corrected chi connectivity index (χ2v) is 7.04. The van der Waals surface area contributed by atoms with Gasteiger partial charge in [0.25, 0.3) is 11.6 Å². The van der Waals surface area contributed by atoms with Gasteiger partial charge in [0, 0.05) is 30.3 Å². The van der Waals surface area contributed by atoms with E-state index in [-0.39, 0.29) is 29.9 Å². The first-order chi connectivity index (χ1) is 15.7. The summed E-state index contributed by atoms with van der Waals surface area (Å²) in [5.41, 5.74) is -1.69. The Kier molecular flexibility index (Phi) is 8.08. The Balaban J connectivity index is 2.01. The molecule has 0 aliphatic heterocycles. The van der Waals surface area contributed by atoms with Crippen molar-refractivity contribution in [2.24, 2.45) is 0 Å². The van der Waals surface area contributed by atoms with Crippen molar-refractivity contribution in [3.8, 4) is 0 Å². The molecule has 0 saturated carbocycles. The molecule has 0 fully saturated rings. The molecule has 0 atom stereocenters. The van der Waals surface area contributed by atoms with Crippen LogP contribution in [-0.4, -0.2) is 36.0 Å². The molecular weight excluding hydrogens is 474 g/mol. The van der Waals surface area contributed by atoms with Gasteiger partial charge in [0.1, 0.15) is 12.2 Å². The van der Waals surface area contributed by atoms with E-state index in [0.29, 0.717) is 17.7 Å². The highest BCUT2D eigenvalue weighted by molar-refractivity contribution is 5.97. The van der Waals surface area contributed by atoms with Crippen molar-refractivity contribution in [1.29, 1.82) is 0 Å². The molecule has 0 unspecified atom stereocenters. The molecule has 0 radical (unpaired) electrons. The minimum atomic E-state index is -4.76. The third kappa shape index (κ3) is 7.64. The van der Waals surface area contributed by atoms with Crippen LogP contribution in [0.1, 0.15) is 27.9 Å². The van der Waals surface area contributed by atoms with Crippen molar-refractivity contribution in [2.45, 2.75) is 25.7 Å². The summed E-state index contributed by atoms with van der Waals surface area (Å²) in [7, 11) is 0. The van der Waals surface area contributed by atoms with Gasteiger partial charge in [-0.1, -0.05) is 6.07 Å². The molecule has 0 spiro atoms. The quantitative estimate of drug-likeness (QED) is 0.282. The lowest BCUT2D eigenvalue weighted by molar-refractivity contribution is -0.384. The number of alkyl halides is 6. The van der Waals surface area contributed by atoms with Gasteiger partial charge in [-0.15, -0.1) is 0 Å². The molecule has 3 N–H and O–H groups in total. The molecule has 0 aromatic heterocycles. The van der Waals surface area contributed by atoms with E-state index in [1.165, 1.54) is 18.2 Å². The zero-order chi connectivity index (χ0) is 25.7. The number of nitro benzene ring substituents is 1. The summed E-state index contributed by atoms with van der Waals surface area (Å²) in [6.07, 6.45) is -9.62. The molecule has 2 aromatic rings. The fourth-order valence-corrected chi connectivity index (χ4v) is 2.71. The van der Waals surface area contributed by atoms with Gasteiger partial charge in [-0.25, -0.2) is 0 Å². The zero-order valence-corrected chi connectivity index (χ0v) is 17.4. The van der Waals surface area contributed by atoms with Crippen LogP contribution < -0.4 is 16.0 Å². The van der Waals surface area contributed by atoms with E-state index >= 15 is 0 Å². The number of aryl methyl sites for hydroxylation is 1. The Labute approximate surface area is 188 Å². The summed E-state index contributed by atoms with van der Waals surface area (Å²) < 4.78 is 75.1. The Hall–Kier alpha value is -3.84. The number of benzene rings is 2. The van der Waals surface area contributed by atoms with Crippen molar-refractivity contribution in [3.63, 3.8) is 0 Å². The van der Waals surface area contributed by atoms with Crippen LogP contribution in [0.3, 0.4) is 0 Å². The molecular formula is C20H18F6N4O4. The number of carbonyl (C=O) groups excluding carboxylic acids is 2. The average molecular weight is 492 g/mol. The molecule has 2 amide bonds. The molecule has 8 nitrogen and oxygen atoms in total. The maximum atomic E-state index is 12.8. The monoisotopic (exact) mass is 492 g/mol. The fraction of sp³-hybridized carbons (Fsp3) is 0.300. The van der Waals surface area contributed by atoms with Gasteiger partial charge in [0.05, 0.1) is 10.5 Å². The van der Waals surface area contributed by atoms with Gasteiger partial charge in [-0.3, -0.25) is 19.7 Å². The van der Waals surface area contributed by atoms with Gasteiger partial charge in [-0.2, -0.15) is 26.3 Å². The minimum Gasteiger partial charge on any atom is -0.379 e. The van der Waals surface area contributed by atoms with E-state index in [0.717, 1.165) is 6.07 Å². The molecule has 2 rings (SSSR count). The van der Waals surface area contributed by atoms with Crippen LogP contribution >= 0.6 is 0 Å². The number of amides is 2. The first kappa shape index (κ1) is 26.4. The van der Waals surface area contributed by atoms with Crippen molar-refractivity contribution in [1.82, 2.24) is 5.32 Å². The Morgan fingerprint density at radius 1 is 1.00 bits per heavy atom. The molecule has 2 aromatic carbocycles. The predicted molar refractivity (Wildman–Crippen MR) is 109 cm³/mol. The normalized spacial score (nSPS) is 11.6. The number of halogens is 6. The Bertz CT molecular complexity index is 1090. The van der Waals surface area contributed by atoms with Crippen LogP contribution in [0.2, 0.25) is 0 Å². The van der Waals surface area contributed by atoms with Gasteiger partial charge >= 0.3 is 12.4 Å². The molecule has 0 heterocycles. The van der Waals surface area contributed by atoms with Gasteiger partial charge in [-0.05, 0) is 36.8 Å². The number of carbonyl (C=O) groups is 2. The highest BCUT2D eigenvalue weighted by atomic mass is 19.4. The van der Waals surface area contributed by atoms with Crippen LogP contribution in [0.15, 0.2) is 36.4 Å². The van der Waals surface area contributed by atoms with Crippen molar-refractivity contribution < 1.29 is 40.9 Å². The standard InChI is InChI=1S/C20H18F6N4O4/c1-11-2-3-12(18(32)28-10-19(21,22)23)8-15(11)29-17(31)6-7-27-14-5-4-13(20(24,25)26)9-16(14)30(33)34/h2-5,8-9,27H,6-7,10H2,1H3,(H,28,32)(H,29,31). The minimum absolute atomic E-state index is 0.122. The number of nitrogens with zero attached hydrogens (tertiary/aromatic N) is 1. The van der Waals surface area contributed by atoms with Crippen LogP contribution in [0.5, 0.6) is 0 Å². The fourth-order valence-electron chi connectivity index (χ4n) is 2.71. The first-order valence-electron chi connectivity index (χ1n) is 9.52.